The second-order valence-electron chi connectivity index (χ2n) is 4.80. The first-order chi connectivity index (χ1) is 12.3. The summed E-state index contributed by atoms with van der Waals surface area (Å²) in [5.74, 6) is -0.154. The summed E-state index contributed by atoms with van der Waals surface area (Å²) in [6.45, 7) is 1.01. The zero-order chi connectivity index (χ0) is 17.5. The van der Waals surface area contributed by atoms with E-state index in [9.17, 15) is 5.11 Å². The van der Waals surface area contributed by atoms with Crippen LogP contribution in [-0.4, -0.2) is 50.8 Å². The molecule has 0 aliphatic heterocycles. The van der Waals surface area contributed by atoms with Gasteiger partial charge in [0.1, 0.15) is 6.61 Å². The summed E-state index contributed by atoms with van der Waals surface area (Å²) < 4.78 is 13.0. The highest BCUT2D eigenvalue weighted by Crippen LogP contribution is 2.18. The Morgan fingerprint density at radius 1 is 1.40 bits per heavy atom. The monoisotopic (exact) mass is 361 g/mol. The number of aliphatic imine (C=N–C) groups is 1. The number of ether oxygens (including phenoxy) is 1. The summed E-state index contributed by atoms with van der Waals surface area (Å²) in [5, 5.41) is 27.7. The maximum atomic E-state index is 12.0. The summed E-state index contributed by atoms with van der Waals surface area (Å²) in [6, 6.07) is 9.42. The van der Waals surface area contributed by atoms with Crippen molar-refractivity contribution in [2.24, 2.45) is 4.99 Å². The molecule has 11 heteroatoms. The predicted molar refractivity (Wildman–Crippen MR) is 85.5 cm³/mol. The second-order valence-corrected chi connectivity index (χ2v) is 5.74. The van der Waals surface area contributed by atoms with Gasteiger partial charge in [0.2, 0.25) is 17.0 Å². The van der Waals surface area contributed by atoms with Gasteiger partial charge in [-0.15, -0.1) is 5.10 Å². The largest absolute Gasteiger partial charge is 0.861 e. The SMILES string of the molecule is COCC[n+]1cc(/N=C(/[O-])CSc2nnnn2-c2ccccc2)on1. The van der Waals surface area contributed by atoms with Crippen molar-refractivity contribution < 1.29 is 19.0 Å². The maximum Gasteiger partial charge on any atom is 0.320 e. The van der Waals surface area contributed by atoms with Gasteiger partial charge in [-0.1, -0.05) is 30.0 Å². The average Bonchev–Trinajstić information content (AvgIpc) is 3.28. The number of tetrazole rings is 1. The van der Waals surface area contributed by atoms with Crippen molar-refractivity contribution in [1.29, 1.82) is 0 Å². The van der Waals surface area contributed by atoms with E-state index in [1.165, 1.54) is 22.6 Å². The molecule has 1 aromatic carbocycles. The summed E-state index contributed by atoms with van der Waals surface area (Å²) in [5.41, 5.74) is 0.814. The molecule has 0 aliphatic rings. The Hall–Kier alpha value is -2.79. The van der Waals surface area contributed by atoms with Crippen LogP contribution in [0.5, 0.6) is 0 Å². The van der Waals surface area contributed by atoms with Gasteiger partial charge in [-0.3, -0.25) is 4.52 Å². The lowest BCUT2D eigenvalue weighted by molar-refractivity contribution is -0.763. The van der Waals surface area contributed by atoms with Crippen molar-refractivity contribution in [1.82, 2.24) is 25.5 Å². The van der Waals surface area contributed by atoms with E-state index >= 15 is 0 Å². The minimum absolute atomic E-state index is 0.0754. The minimum atomic E-state index is -0.373. The van der Waals surface area contributed by atoms with Crippen molar-refractivity contribution in [3.63, 3.8) is 0 Å². The first-order valence-electron chi connectivity index (χ1n) is 7.33. The molecule has 0 bridgehead atoms. The topological polar surface area (TPSA) is 118 Å². The Morgan fingerprint density at radius 2 is 2.24 bits per heavy atom. The van der Waals surface area contributed by atoms with Crippen LogP contribution in [-0.2, 0) is 11.3 Å². The van der Waals surface area contributed by atoms with E-state index in [1.54, 1.807) is 11.8 Å². The summed E-state index contributed by atoms with van der Waals surface area (Å²) >= 11 is 1.19. The molecule has 130 valence electrons. The number of hydrogen-bond acceptors (Lipinski definition) is 9. The molecule has 10 nitrogen and oxygen atoms in total. The third kappa shape index (κ3) is 4.61. The number of para-hydroxylation sites is 1. The van der Waals surface area contributed by atoms with Gasteiger partial charge in [-0.2, -0.15) is 4.68 Å². The van der Waals surface area contributed by atoms with Crippen molar-refractivity contribution in [3.8, 4) is 5.69 Å². The molecule has 2 aromatic heterocycles. The summed E-state index contributed by atoms with van der Waals surface area (Å²) in [7, 11) is 1.59. The molecule has 25 heavy (non-hydrogen) atoms. The zero-order valence-corrected chi connectivity index (χ0v) is 14.2. The van der Waals surface area contributed by atoms with Crippen LogP contribution in [0.15, 0.2) is 51.2 Å². The summed E-state index contributed by atoms with van der Waals surface area (Å²) in [4.78, 5) is 3.86. The Labute approximate surface area is 147 Å². The van der Waals surface area contributed by atoms with Gasteiger partial charge in [-0.25, -0.2) is 4.99 Å². The van der Waals surface area contributed by atoms with Crippen LogP contribution in [0.3, 0.4) is 0 Å². The smallest absolute Gasteiger partial charge is 0.320 e. The molecule has 0 unspecified atom stereocenters. The van der Waals surface area contributed by atoms with Crippen LogP contribution in [0.1, 0.15) is 0 Å². The fourth-order valence-corrected chi connectivity index (χ4v) is 2.57. The average molecular weight is 361 g/mol. The molecule has 0 radical (unpaired) electrons. The van der Waals surface area contributed by atoms with Crippen LogP contribution in [0.4, 0.5) is 5.88 Å². The van der Waals surface area contributed by atoms with E-state index in [0.717, 1.165) is 5.69 Å². The third-order valence-electron chi connectivity index (χ3n) is 3.02. The number of benzene rings is 1. The highest BCUT2D eigenvalue weighted by Gasteiger charge is 2.11. The number of aromatic nitrogens is 6. The number of thioether (sulfide) groups is 1. The molecule has 0 N–H and O–H groups in total. The van der Waals surface area contributed by atoms with Gasteiger partial charge in [-0.05, 0) is 33.1 Å². The molecule has 0 aliphatic carbocycles. The normalized spacial score (nSPS) is 11.8. The molecule has 0 fully saturated rings. The Balaban J connectivity index is 1.62. The first kappa shape index (κ1) is 17.0. The van der Waals surface area contributed by atoms with Crippen molar-refractivity contribution in [3.05, 3.63) is 36.5 Å². The number of methoxy groups -OCH3 is 1. The molecule has 0 atom stereocenters. The van der Waals surface area contributed by atoms with Crippen LogP contribution < -0.4 is 9.79 Å². The lowest BCUT2D eigenvalue weighted by atomic mass is 10.3. The maximum absolute atomic E-state index is 12.0. The molecule has 2 heterocycles. The number of hydrogen-bond donors (Lipinski definition) is 0. The third-order valence-corrected chi connectivity index (χ3v) is 3.93. The summed E-state index contributed by atoms with van der Waals surface area (Å²) in [6.07, 6.45) is 1.54. The lowest BCUT2D eigenvalue weighted by Gasteiger charge is -2.08. The Morgan fingerprint density at radius 3 is 3.04 bits per heavy atom. The highest BCUT2D eigenvalue weighted by molar-refractivity contribution is 7.99. The lowest BCUT2D eigenvalue weighted by Crippen LogP contribution is -2.36. The fraction of sp³-hybridized carbons (Fsp3) is 0.286. The standard InChI is InChI=1S/C14H15N7O3S/c1-23-8-7-20-9-13(24-19-20)15-12(22)10-25-14-16-17-18-21(14)11-5-3-2-4-6-11/h2-6,9H,7-8,10H2,1H3. The predicted octanol–water partition coefficient (Wildman–Crippen LogP) is -0.233. The van der Waals surface area contributed by atoms with E-state index in [-0.39, 0.29) is 17.5 Å². The van der Waals surface area contributed by atoms with Crippen LogP contribution in [0.2, 0.25) is 0 Å². The molecule has 0 spiro atoms. The fourth-order valence-electron chi connectivity index (χ4n) is 1.89. The quantitative estimate of drug-likeness (QED) is 0.234. The van der Waals surface area contributed by atoms with Gasteiger partial charge < -0.3 is 9.84 Å². The van der Waals surface area contributed by atoms with Crippen LogP contribution in [0, 0.1) is 0 Å². The Kier molecular flexibility index (Phi) is 5.69. The van der Waals surface area contributed by atoms with E-state index in [0.29, 0.717) is 18.3 Å². The molecular formula is C14H15N7O3S. The van der Waals surface area contributed by atoms with E-state index in [2.05, 4.69) is 25.8 Å². The first-order valence-corrected chi connectivity index (χ1v) is 8.31. The van der Waals surface area contributed by atoms with Gasteiger partial charge in [0.15, 0.2) is 0 Å². The Bertz CT molecular complexity index is 834. The van der Waals surface area contributed by atoms with E-state index in [4.69, 9.17) is 9.26 Å². The molecule has 3 aromatic rings. The molecule has 0 saturated carbocycles. The zero-order valence-electron chi connectivity index (χ0n) is 13.3. The van der Waals surface area contributed by atoms with Gasteiger partial charge in [0.05, 0.1) is 5.69 Å². The van der Waals surface area contributed by atoms with Crippen molar-refractivity contribution >= 4 is 23.5 Å². The van der Waals surface area contributed by atoms with Crippen molar-refractivity contribution in [2.45, 2.75) is 11.7 Å². The van der Waals surface area contributed by atoms with E-state index < -0.39 is 0 Å². The van der Waals surface area contributed by atoms with E-state index in [1.807, 2.05) is 30.3 Å². The second kappa shape index (κ2) is 8.35. The molecular weight excluding hydrogens is 346 g/mol. The van der Waals surface area contributed by atoms with Crippen LogP contribution >= 0.6 is 11.8 Å². The van der Waals surface area contributed by atoms with Gasteiger partial charge in [0, 0.05) is 12.9 Å². The molecule has 3 rings (SSSR count). The number of nitrogens with zero attached hydrogens (tertiary/aromatic N) is 7. The van der Waals surface area contributed by atoms with Gasteiger partial charge in [0.25, 0.3) is 6.20 Å². The molecule has 0 saturated heterocycles. The highest BCUT2D eigenvalue weighted by atomic mass is 32.2. The van der Waals surface area contributed by atoms with Crippen molar-refractivity contribution in [2.75, 3.05) is 19.5 Å². The molecule has 0 amide bonds. The number of rotatable bonds is 8. The van der Waals surface area contributed by atoms with Gasteiger partial charge >= 0.3 is 5.88 Å². The minimum Gasteiger partial charge on any atom is -0.861 e. The van der Waals surface area contributed by atoms with Crippen LogP contribution in [0.25, 0.3) is 5.69 Å².